The van der Waals surface area contributed by atoms with Gasteiger partial charge in [-0.05, 0) is 6.07 Å². The molecule has 0 heterocycles. The molecule has 0 aliphatic rings. The highest BCUT2D eigenvalue weighted by Crippen LogP contribution is 2.31. The van der Waals surface area contributed by atoms with Crippen molar-refractivity contribution >= 4 is 29.3 Å². The Kier molecular flexibility index (Phi) is 5.00. The molecular weight excluding hydrogens is 272 g/mol. The van der Waals surface area contributed by atoms with E-state index >= 15 is 0 Å². The number of carbonyl (C=O) groups excluding carboxylic acids is 2. The first-order chi connectivity index (χ1) is 8.90. The van der Waals surface area contributed by atoms with E-state index in [9.17, 15) is 9.59 Å². The molecule has 0 aromatic heterocycles. The van der Waals surface area contributed by atoms with Crippen molar-refractivity contribution in [2.45, 2.75) is 0 Å². The van der Waals surface area contributed by atoms with Crippen molar-refractivity contribution in [3.05, 3.63) is 22.7 Å². The number of rotatable bonds is 3. The lowest BCUT2D eigenvalue weighted by Gasteiger charge is -2.15. The van der Waals surface area contributed by atoms with Crippen LogP contribution in [0.3, 0.4) is 0 Å². The molecule has 0 aliphatic heterocycles. The number of ether oxygens (including phenoxy) is 2. The first kappa shape index (κ1) is 15.1. The van der Waals surface area contributed by atoms with Gasteiger partial charge in [-0.1, -0.05) is 11.6 Å². The van der Waals surface area contributed by atoms with Gasteiger partial charge >= 0.3 is 12.0 Å². The van der Waals surface area contributed by atoms with E-state index in [4.69, 9.17) is 16.3 Å². The molecule has 19 heavy (non-hydrogen) atoms. The predicted octanol–water partition coefficient (Wildman–Crippen LogP) is 2.23. The highest BCUT2D eigenvalue weighted by Gasteiger charge is 2.17. The molecule has 2 amide bonds. The van der Waals surface area contributed by atoms with Gasteiger partial charge in [-0.25, -0.2) is 9.59 Å². The van der Waals surface area contributed by atoms with E-state index in [-0.39, 0.29) is 22.4 Å². The van der Waals surface area contributed by atoms with E-state index in [1.165, 1.54) is 31.3 Å². The van der Waals surface area contributed by atoms with Gasteiger partial charge in [-0.3, -0.25) is 0 Å². The molecule has 0 aliphatic carbocycles. The largest absolute Gasteiger partial charge is 0.496 e. The van der Waals surface area contributed by atoms with Crippen LogP contribution in [0.15, 0.2) is 12.1 Å². The first-order valence-corrected chi connectivity index (χ1v) is 5.72. The van der Waals surface area contributed by atoms with Gasteiger partial charge in [0.1, 0.15) is 11.3 Å². The van der Waals surface area contributed by atoms with Crippen molar-refractivity contribution in [3.8, 4) is 5.75 Å². The summed E-state index contributed by atoms with van der Waals surface area (Å²) in [4.78, 5) is 24.5. The van der Waals surface area contributed by atoms with E-state index in [0.717, 1.165) is 0 Å². The average Bonchev–Trinajstić information content (AvgIpc) is 2.39. The van der Waals surface area contributed by atoms with Crippen molar-refractivity contribution in [2.75, 3.05) is 33.6 Å². The normalized spacial score (nSPS) is 9.74. The summed E-state index contributed by atoms with van der Waals surface area (Å²) in [5.74, 6) is -0.297. The lowest BCUT2D eigenvalue weighted by Crippen LogP contribution is -2.27. The van der Waals surface area contributed by atoms with Crippen LogP contribution >= 0.6 is 11.6 Å². The third-order valence-electron chi connectivity index (χ3n) is 2.34. The number of hydrogen-bond donors (Lipinski definition) is 1. The topological polar surface area (TPSA) is 67.9 Å². The summed E-state index contributed by atoms with van der Waals surface area (Å²) in [5, 5.41) is 2.81. The van der Waals surface area contributed by atoms with Gasteiger partial charge in [0.15, 0.2) is 0 Å². The van der Waals surface area contributed by atoms with E-state index in [1.807, 2.05) is 0 Å². The fourth-order valence-corrected chi connectivity index (χ4v) is 1.53. The molecule has 0 fully saturated rings. The van der Waals surface area contributed by atoms with Crippen molar-refractivity contribution in [2.24, 2.45) is 0 Å². The Morgan fingerprint density at radius 1 is 1.26 bits per heavy atom. The minimum absolute atomic E-state index is 0.192. The number of anilines is 1. The number of benzene rings is 1. The third-order valence-corrected chi connectivity index (χ3v) is 2.65. The average molecular weight is 287 g/mol. The van der Waals surface area contributed by atoms with E-state index in [1.54, 1.807) is 14.1 Å². The lowest BCUT2D eigenvalue weighted by molar-refractivity contribution is 0.0597. The molecule has 6 nitrogen and oxygen atoms in total. The van der Waals surface area contributed by atoms with Gasteiger partial charge in [0.2, 0.25) is 0 Å². The Morgan fingerprint density at radius 3 is 2.37 bits per heavy atom. The number of carbonyl (C=O) groups is 2. The van der Waals surface area contributed by atoms with Crippen molar-refractivity contribution in [3.63, 3.8) is 0 Å². The molecule has 0 radical (unpaired) electrons. The molecular formula is C12H15ClN2O4. The second-order valence-corrected chi connectivity index (χ2v) is 4.26. The molecule has 1 aromatic carbocycles. The van der Waals surface area contributed by atoms with Gasteiger partial charge in [-0.15, -0.1) is 0 Å². The summed E-state index contributed by atoms with van der Waals surface area (Å²) in [6, 6.07) is 2.52. The lowest BCUT2D eigenvalue weighted by atomic mass is 10.2. The zero-order valence-corrected chi connectivity index (χ0v) is 11.9. The Labute approximate surface area is 116 Å². The minimum atomic E-state index is -0.566. The van der Waals surface area contributed by atoms with Crippen LogP contribution in [0.2, 0.25) is 5.02 Å². The molecule has 0 atom stereocenters. The number of methoxy groups -OCH3 is 2. The number of nitrogens with zero attached hydrogens (tertiary/aromatic N) is 1. The SMILES string of the molecule is COC(=O)c1cc(Cl)c(NC(=O)N(C)C)cc1OC. The Bertz CT molecular complexity index is 503. The van der Waals surface area contributed by atoms with Crippen molar-refractivity contribution in [1.29, 1.82) is 0 Å². The van der Waals surface area contributed by atoms with Crippen LogP contribution in [0.4, 0.5) is 10.5 Å². The summed E-state index contributed by atoms with van der Waals surface area (Å²) in [5.41, 5.74) is 0.544. The van der Waals surface area contributed by atoms with Gasteiger partial charge < -0.3 is 19.7 Å². The van der Waals surface area contributed by atoms with Gasteiger partial charge in [0.25, 0.3) is 0 Å². The maximum Gasteiger partial charge on any atom is 0.341 e. The number of esters is 1. The number of amides is 2. The zero-order chi connectivity index (χ0) is 14.6. The standard InChI is InChI=1S/C12H15ClN2O4/c1-15(2)12(17)14-9-6-10(18-3)7(5-8(9)13)11(16)19-4/h5-6H,1-4H3,(H,14,17). The summed E-state index contributed by atoms with van der Waals surface area (Å²) in [6.45, 7) is 0. The van der Waals surface area contributed by atoms with Gasteiger partial charge in [0, 0.05) is 20.2 Å². The molecule has 104 valence electrons. The first-order valence-electron chi connectivity index (χ1n) is 5.34. The van der Waals surface area contributed by atoms with Gasteiger partial charge in [-0.2, -0.15) is 0 Å². The molecule has 1 rings (SSSR count). The second kappa shape index (κ2) is 6.29. The number of hydrogen-bond acceptors (Lipinski definition) is 4. The zero-order valence-electron chi connectivity index (χ0n) is 11.1. The van der Waals surface area contributed by atoms with Crippen molar-refractivity contribution < 1.29 is 19.1 Å². The smallest absolute Gasteiger partial charge is 0.341 e. The molecule has 1 N–H and O–H groups in total. The maximum absolute atomic E-state index is 11.6. The van der Waals surface area contributed by atoms with E-state index in [0.29, 0.717) is 5.69 Å². The molecule has 0 saturated carbocycles. The fourth-order valence-electron chi connectivity index (χ4n) is 1.31. The van der Waals surface area contributed by atoms with Crippen LogP contribution < -0.4 is 10.1 Å². The van der Waals surface area contributed by atoms with Gasteiger partial charge in [0.05, 0.1) is 24.9 Å². The Balaban J connectivity index is 3.16. The molecule has 0 bridgehead atoms. The summed E-state index contributed by atoms with van der Waals surface area (Å²) in [7, 11) is 5.87. The number of nitrogens with one attached hydrogen (secondary N) is 1. The minimum Gasteiger partial charge on any atom is -0.496 e. The van der Waals surface area contributed by atoms with E-state index < -0.39 is 5.97 Å². The Morgan fingerprint density at radius 2 is 1.89 bits per heavy atom. The Hall–Kier alpha value is -1.95. The molecule has 1 aromatic rings. The molecule has 0 spiro atoms. The molecule has 0 saturated heterocycles. The van der Waals surface area contributed by atoms with Crippen LogP contribution in [-0.4, -0.2) is 45.2 Å². The molecule has 0 unspecified atom stereocenters. The highest BCUT2D eigenvalue weighted by molar-refractivity contribution is 6.34. The maximum atomic E-state index is 11.6. The predicted molar refractivity (Wildman–Crippen MR) is 72.0 cm³/mol. The van der Waals surface area contributed by atoms with Crippen LogP contribution in [0.1, 0.15) is 10.4 Å². The second-order valence-electron chi connectivity index (χ2n) is 3.85. The highest BCUT2D eigenvalue weighted by atomic mass is 35.5. The van der Waals surface area contributed by atoms with E-state index in [2.05, 4.69) is 10.1 Å². The third kappa shape index (κ3) is 3.51. The van der Waals surface area contributed by atoms with Crippen LogP contribution in [0.25, 0.3) is 0 Å². The van der Waals surface area contributed by atoms with Crippen LogP contribution in [0.5, 0.6) is 5.75 Å². The monoisotopic (exact) mass is 286 g/mol. The fraction of sp³-hybridized carbons (Fsp3) is 0.333. The molecule has 7 heteroatoms. The summed E-state index contributed by atoms with van der Waals surface area (Å²) in [6.07, 6.45) is 0. The quantitative estimate of drug-likeness (QED) is 0.865. The number of halogens is 1. The van der Waals surface area contributed by atoms with Crippen molar-refractivity contribution in [1.82, 2.24) is 4.90 Å². The summed E-state index contributed by atoms with van der Waals surface area (Å²) < 4.78 is 9.70. The summed E-state index contributed by atoms with van der Waals surface area (Å²) >= 11 is 6.01. The van der Waals surface area contributed by atoms with Crippen LogP contribution in [-0.2, 0) is 4.74 Å². The van der Waals surface area contributed by atoms with Crippen LogP contribution in [0, 0.1) is 0 Å². The number of urea groups is 1.